The minimum Gasteiger partial charge on any atom is -0.507 e. The van der Waals surface area contributed by atoms with Crippen LogP contribution in [-0.4, -0.2) is 16.4 Å². The molecule has 0 bridgehead atoms. The van der Waals surface area contributed by atoms with Crippen molar-refractivity contribution in [3.63, 3.8) is 0 Å². The third-order valence-electron chi connectivity index (χ3n) is 4.49. The first kappa shape index (κ1) is 21.9. The van der Waals surface area contributed by atoms with E-state index in [2.05, 4.69) is 31.9 Å². The molecule has 4 rings (SSSR count). The van der Waals surface area contributed by atoms with Crippen LogP contribution in [0.2, 0.25) is 0 Å². The highest BCUT2D eigenvalue weighted by Crippen LogP contribution is 2.32. The third-order valence-corrected chi connectivity index (χ3v) is 5.76. The molecule has 164 valence electrons. The minimum absolute atomic E-state index is 0.113. The Morgan fingerprint density at radius 3 is 1.56 bits per heavy atom. The summed E-state index contributed by atoms with van der Waals surface area (Å²) in [6, 6.07) is 7.92. The zero-order valence-corrected chi connectivity index (χ0v) is 19.1. The van der Waals surface area contributed by atoms with Crippen LogP contribution in [0.4, 0.5) is 4.79 Å². The van der Waals surface area contributed by atoms with Gasteiger partial charge in [-0.15, -0.1) is 0 Å². The number of carbonyl (C=O) groups excluding carboxylic acids is 1. The Kier molecular flexibility index (Phi) is 5.94. The summed E-state index contributed by atoms with van der Waals surface area (Å²) in [6.45, 7) is -0.593. The Morgan fingerprint density at radius 1 is 0.750 bits per heavy atom. The maximum atomic E-state index is 12.1. The number of hydrogen-bond donors (Lipinski definition) is 2. The maximum Gasteiger partial charge on any atom is 0.508 e. The van der Waals surface area contributed by atoms with Gasteiger partial charge in [-0.25, -0.2) is 14.4 Å². The number of carbonyl (C=O) groups is 1. The second-order valence-electron chi connectivity index (χ2n) is 6.61. The van der Waals surface area contributed by atoms with E-state index in [1.165, 1.54) is 36.4 Å². The van der Waals surface area contributed by atoms with Crippen molar-refractivity contribution < 1.29 is 33.3 Å². The van der Waals surface area contributed by atoms with Gasteiger partial charge in [0.25, 0.3) is 0 Å². The molecule has 0 aliphatic rings. The zero-order chi connectivity index (χ0) is 23.0. The van der Waals surface area contributed by atoms with Crippen LogP contribution in [-0.2, 0) is 22.7 Å². The van der Waals surface area contributed by atoms with Crippen molar-refractivity contribution in [3.8, 4) is 11.5 Å². The first-order chi connectivity index (χ1) is 15.2. The lowest BCUT2D eigenvalue weighted by atomic mass is 10.1. The summed E-state index contributed by atoms with van der Waals surface area (Å²) in [5, 5.41) is 20.4. The smallest absolute Gasteiger partial charge is 0.507 e. The quantitative estimate of drug-likeness (QED) is 0.266. The van der Waals surface area contributed by atoms with E-state index < -0.39 is 17.4 Å². The fourth-order valence-electron chi connectivity index (χ4n) is 3.03. The van der Waals surface area contributed by atoms with Crippen molar-refractivity contribution in [2.24, 2.45) is 0 Å². The van der Waals surface area contributed by atoms with Crippen LogP contribution >= 0.6 is 31.9 Å². The topological polar surface area (TPSA) is 136 Å². The van der Waals surface area contributed by atoms with Crippen molar-refractivity contribution in [1.82, 2.24) is 0 Å². The van der Waals surface area contributed by atoms with Crippen molar-refractivity contribution in [3.05, 3.63) is 77.3 Å². The second kappa shape index (κ2) is 8.67. The molecule has 0 radical (unpaired) electrons. The van der Waals surface area contributed by atoms with Gasteiger partial charge in [-0.3, -0.25) is 0 Å². The average molecular weight is 568 g/mol. The van der Waals surface area contributed by atoms with E-state index in [4.69, 9.17) is 18.3 Å². The van der Waals surface area contributed by atoms with Crippen molar-refractivity contribution in [1.29, 1.82) is 0 Å². The first-order valence-electron chi connectivity index (χ1n) is 8.91. The molecule has 4 aromatic rings. The van der Waals surface area contributed by atoms with Crippen LogP contribution in [0.1, 0.15) is 11.1 Å². The number of halogens is 2. The Balaban J connectivity index is 1.51. The molecule has 2 aromatic carbocycles. The van der Waals surface area contributed by atoms with Gasteiger partial charge in [0, 0.05) is 46.2 Å². The highest BCUT2D eigenvalue weighted by atomic mass is 79.9. The summed E-state index contributed by atoms with van der Waals surface area (Å²) < 4.78 is 21.0. The molecule has 2 N–H and O–H groups in total. The van der Waals surface area contributed by atoms with Crippen molar-refractivity contribution in [2.45, 2.75) is 13.2 Å². The first-order valence-corrected chi connectivity index (χ1v) is 10.5. The highest BCUT2D eigenvalue weighted by molar-refractivity contribution is 9.10. The molecule has 0 amide bonds. The summed E-state index contributed by atoms with van der Waals surface area (Å²) in [6.07, 6.45) is -1.04. The van der Waals surface area contributed by atoms with Gasteiger partial charge in [0.05, 0.1) is 8.95 Å². The van der Waals surface area contributed by atoms with Crippen LogP contribution in [0.15, 0.2) is 63.8 Å². The standard InChI is InChI=1S/C21H12Br2O9/c22-13-3-11-9(1-19(26)31-17(11)5-15(13)24)7-29-21(28)30-8-10-2-20(27)32-18-6-16(25)14(23)4-12(10)18/h1-6,24-25H,7-8H2. The fraction of sp³-hybridized carbons (Fsp3) is 0.0952. The predicted molar refractivity (Wildman–Crippen MR) is 119 cm³/mol. The summed E-state index contributed by atoms with van der Waals surface area (Å²) in [5.41, 5.74) is -0.411. The number of ether oxygens (including phenoxy) is 2. The number of aromatic hydroxyl groups is 2. The molecule has 0 atom stereocenters. The lowest BCUT2D eigenvalue weighted by molar-refractivity contribution is 0.0450. The molecule has 2 aromatic heterocycles. The molecule has 0 aliphatic heterocycles. The SMILES string of the molecule is O=C(OCc1cc(=O)oc2cc(O)c(Br)cc12)OCc1cc(=O)oc2cc(O)c(Br)cc12. The average Bonchev–Trinajstić information content (AvgIpc) is 2.72. The molecule has 0 aliphatic carbocycles. The molecule has 0 unspecified atom stereocenters. The van der Waals surface area contributed by atoms with Gasteiger partial charge in [-0.1, -0.05) is 0 Å². The van der Waals surface area contributed by atoms with E-state index in [1.54, 1.807) is 0 Å². The number of fused-ring (bicyclic) bond motifs is 2. The maximum absolute atomic E-state index is 12.1. The van der Waals surface area contributed by atoms with E-state index in [9.17, 15) is 24.6 Å². The van der Waals surface area contributed by atoms with Crippen LogP contribution < -0.4 is 11.3 Å². The Bertz CT molecular complexity index is 1380. The zero-order valence-electron chi connectivity index (χ0n) is 15.9. The van der Waals surface area contributed by atoms with Crippen LogP contribution in [0.5, 0.6) is 11.5 Å². The molecule has 2 heterocycles. The minimum atomic E-state index is -1.04. The summed E-state index contributed by atoms with van der Waals surface area (Å²) in [7, 11) is 0. The van der Waals surface area contributed by atoms with Gasteiger partial charge < -0.3 is 28.5 Å². The molecule has 0 fully saturated rings. The largest absolute Gasteiger partial charge is 0.508 e. The normalized spacial score (nSPS) is 11.1. The van der Waals surface area contributed by atoms with E-state index in [0.29, 0.717) is 30.8 Å². The van der Waals surface area contributed by atoms with Crippen LogP contribution in [0, 0.1) is 0 Å². The van der Waals surface area contributed by atoms with Gasteiger partial charge >= 0.3 is 17.4 Å². The van der Waals surface area contributed by atoms with E-state index >= 15 is 0 Å². The van der Waals surface area contributed by atoms with E-state index in [0.717, 1.165) is 0 Å². The Hall–Kier alpha value is -3.31. The molecule has 0 saturated heterocycles. The van der Waals surface area contributed by atoms with Crippen LogP contribution in [0.25, 0.3) is 21.9 Å². The predicted octanol–water partition coefficient (Wildman–Crippen LogP) is 4.69. The molecule has 32 heavy (non-hydrogen) atoms. The molecule has 11 heteroatoms. The molecule has 9 nitrogen and oxygen atoms in total. The van der Waals surface area contributed by atoms with Crippen molar-refractivity contribution in [2.75, 3.05) is 0 Å². The Morgan fingerprint density at radius 2 is 1.16 bits per heavy atom. The van der Waals surface area contributed by atoms with E-state index in [-0.39, 0.29) is 35.9 Å². The lowest BCUT2D eigenvalue weighted by Crippen LogP contribution is -2.10. The Labute approximate surface area is 195 Å². The number of phenols is 2. The molecule has 0 spiro atoms. The number of benzene rings is 2. The second-order valence-corrected chi connectivity index (χ2v) is 8.32. The molecule has 0 saturated carbocycles. The summed E-state index contributed by atoms with van der Waals surface area (Å²) >= 11 is 6.36. The van der Waals surface area contributed by atoms with Crippen molar-refractivity contribution >= 4 is 60.0 Å². The monoisotopic (exact) mass is 566 g/mol. The number of rotatable bonds is 4. The van der Waals surface area contributed by atoms with Gasteiger partial charge in [0.2, 0.25) is 0 Å². The summed E-state index contributed by atoms with van der Waals surface area (Å²) in [5.74, 6) is -0.227. The summed E-state index contributed by atoms with van der Waals surface area (Å²) in [4.78, 5) is 35.7. The third kappa shape index (κ3) is 4.48. The fourth-order valence-corrected chi connectivity index (χ4v) is 3.71. The van der Waals surface area contributed by atoms with E-state index in [1.807, 2.05) is 0 Å². The number of hydrogen-bond acceptors (Lipinski definition) is 9. The van der Waals surface area contributed by atoms with Gasteiger partial charge in [0.15, 0.2) is 0 Å². The molecular weight excluding hydrogens is 556 g/mol. The highest BCUT2D eigenvalue weighted by Gasteiger charge is 2.14. The lowest BCUT2D eigenvalue weighted by Gasteiger charge is -2.10. The molecular formula is C21H12Br2O9. The van der Waals surface area contributed by atoms with Crippen LogP contribution in [0.3, 0.4) is 0 Å². The van der Waals surface area contributed by atoms with Gasteiger partial charge in [-0.05, 0) is 44.0 Å². The number of phenolic OH excluding ortho intramolecular Hbond substituents is 2. The van der Waals surface area contributed by atoms with Gasteiger partial charge in [-0.2, -0.15) is 0 Å². The van der Waals surface area contributed by atoms with Gasteiger partial charge in [0.1, 0.15) is 35.9 Å².